The van der Waals surface area contributed by atoms with E-state index in [2.05, 4.69) is 0 Å². The molecule has 0 spiro atoms. The molecule has 0 unspecified atom stereocenters. The number of nitrogens with zero attached hydrogens (tertiary/aromatic N) is 1. The van der Waals surface area contributed by atoms with Crippen molar-refractivity contribution in [2.24, 2.45) is 5.73 Å². The predicted molar refractivity (Wildman–Crippen MR) is 69.6 cm³/mol. The van der Waals surface area contributed by atoms with Crippen LogP contribution in [0.15, 0.2) is 18.2 Å². The lowest BCUT2D eigenvalue weighted by Crippen LogP contribution is -2.39. The molecule has 92 valence electrons. The highest BCUT2D eigenvalue weighted by Gasteiger charge is 2.28. The molecule has 1 amide bonds. The molecule has 0 radical (unpaired) electrons. The molecule has 3 nitrogen and oxygen atoms in total. The number of rotatable bonds is 2. The van der Waals surface area contributed by atoms with Crippen molar-refractivity contribution in [2.75, 3.05) is 13.1 Å². The number of nitrogens with two attached hydrogens (primary N) is 1. The maximum absolute atomic E-state index is 12.2. The lowest BCUT2D eigenvalue weighted by Gasteiger charge is -2.23. The SMILES string of the molecule is NC[C@@H]1CCCN1C(=O)c1ccc(Cl)c(Cl)c1. The van der Waals surface area contributed by atoms with Crippen LogP contribution in [0.5, 0.6) is 0 Å². The van der Waals surface area contributed by atoms with Crippen LogP contribution in [0.25, 0.3) is 0 Å². The van der Waals surface area contributed by atoms with Gasteiger partial charge in [0, 0.05) is 24.7 Å². The van der Waals surface area contributed by atoms with Gasteiger partial charge in [-0.25, -0.2) is 0 Å². The maximum Gasteiger partial charge on any atom is 0.254 e. The van der Waals surface area contributed by atoms with Gasteiger partial charge in [-0.15, -0.1) is 0 Å². The highest BCUT2D eigenvalue weighted by atomic mass is 35.5. The van der Waals surface area contributed by atoms with E-state index in [9.17, 15) is 4.79 Å². The number of halogens is 2. The maximum atomic E-state index is 12.2. The first-order chi connectivity index (χ1) is 8.13. The van der Waals surface area contributed by atoms with Gasteiger partial charge in [0.1, 0.15) is 0 Å². The minimum atomic E-state index is -0.0171. The number of hydrogen-bond acceptors (Lipinski definition) is 2. The summed E-state index contributed by atoms with van der Waals surface area (Å²) in [5.41, 5.74) is 6.22. The first-order valence-electron chi connectivity index (χ1n) is 5.59. The van der Waals surface area contributed by atoms with Gasteiger partial charge in [0.25, 0.3) is 5.91 Å². The van der Waals surface area contributed by atoms with Crippen LogP contribution in [0, 0.1) is 0 Å². The van der Waals surface area contributed by atoms with Crippen molar-refractivity contribution in [3.8, 4) is 0 Å². The third-order valence-corrected chi connectivity index (χ3v) is 3.82. The van der Waals surface area contributed by atoms with Crippen molar-refractivity contribution in [2.45, 2.75) is 18.9 Å². The van der Waals surface area contributed by atoms with Crippen molar-refractivity contribution >= 4 is 29.1 Å². The van der Waals surface area contributed by atoms with Gasteiger partial charge < -0.3 is 10.6 Å². The van der Waals surface area contributed by atoms with Crippen molar-refractivity contribution in [1.82, 2.24) is 4.90 Å². The fourth-order valence-electron chi connectivity index (χ4n) is 2.14. The molecule has 1 fully saturated rings. The van der Waals surface area contributed by atoms with Gasteiger partial charge in [0.2, 0.25) is 0 Å². The fourth-order valence-corrected chi connectivity index (χ4v) is 2.44. The molecule has 1 aromatic rings. The van der Waals surface area contributed by atoms with Crippen LogP contribution >= 0.6 is 23.2 Å². The van der Waals surface area contributed by atoms with E-state index in [1.54, 1.807) is 18.2 Å². The van der Waals surface area contributed by atoms with Crippen LogP contribution in [0.3, 0.4) is 0 Å². The minimum Gasteiger partial charge on any atom is -0.334 e. The summed E-state index contributed by atoms with van der Waals surface area (Å²) in [4.78, 5) is 14.1. The molecule has 5 heteroatoms. The number of likely N-dealkylation sites (tertiary alicyclic amines) is 1. The van der Waals surface area contributed by atoms with Crippen LogP contribution in [-0.4, -0.2) is 29.9 Å². The Morgan fingerprint density at radius 1 is 1.41 bits per heavy atom. The Balaban J connectivity index is 2.21. The van der Waals surface area contributed by atoms with Gasteiger partial charge in [-0.2, -0.15) is 0 Å². The molecule has 0 aliphatic carbocycles. The van der Waals surface area contributed by atoms with E-state index in [0.29, 0.717) is 22.2 Å². The van der Waals surface area contributed by atoms with Crippen molar-refractivity contribution < 1.29 is 4.79 Å². The zero-order valence-electron chi connectivity index (χ0n) is 9.33. The van der Waals surface area contributed by atoms with Gasteiger partial charge in [-0.3, -0.25) is 4.79 Å². The van der Waals surface area contributed by atoms with E-state index < -0.39 is 0 Å². The summed E-state index contributed by atoms with van der Waals surface area (Å²) < 4.78 is 0. The van der Waals surface area contributed by atoms with E-state index in [1.807, 2.05) is 4.90 Å². The first kappa shape index (κ1) is 12.7. The minimum absolute atomic E-state index is 0.0171. The first-order valence-corrected chi connectivity index (χ1v) is 6.35. The Hall–Kier alpha value is -0.770. The van der Waals surface area contributed by atoms with E-state index in [0.717, 1.165) is 19.4 Å². The van der Waals surface area contributed by atoms with Crippen LogP contribution in [0.4, 0.5) is 0 Å². The molecular weight excluding hydrogens is 259 g/mol. The molecule has 0 saturated carbocycles. The predicted octanol–water partition coefficient (Wildman–Crippen LogP) is 2.56. The Bertz CT molecular complexity index is 437. The number of amides is 1. The van der Waals surface area contributed by atoms with Gasteiger partial charge in [-0.1, -0.05) is 23.2 Å². The van der Waals surface area contributed by atoms with E-state index in [-0.39, 0.29) is 11.9 Å². The third kappa shape index (κ3) is 2.57. The van der Waals surface area contributed by atoms with E-state index >= 15 is 0 Å². The summed E-state index contributed by atoms with van der Waals surface area (Å²) in [6.45, 7) is 1.27. The van der Waals surface area contributed by atoms with Gasteiger partial charge in [-0.05, 0) is 31.0 Å². The largest absolute Gasteiger partial charge is 0.334 e. The third-order valence-electron chi connectivity index (χ3n) is 3.08. The molecule has 2 N–H and O–H groups in total. The quantitative estimate of drug-likeness (QED) is 0.900. The molecule has 1 aromatic carbocycles. The molecule has 1 saturated heterocycles. The average molecular weight is 273 g/mol. The number of carbonyl (C=O) groups excluding carboxylic acids is 1. The van der Waals surface area contributed by atoms with Crippen LogP contribution in [-0.2, 0) is 0 Å². The molecule has 1 heterocycles. The van der Waals surface area contributed by atoms with Gasteiger partial charge in [0.05, 0.1) is 10.0 Å². The zero-order chi connectivity index (χ0) is 12.4. The Morgan fingerprint density at radius 3 is 2.82 bits per heavy atom. The van der Waals surface area contributed by atoms with Crippen LogP contribution < -0.4 is 5.73 Å². The van der Waals surface area contributed by atoms with Gasteiger partial charge in [0.15, 0.2) is 0 Å². The molecule has 1 atom stereocenters. The molecular formula is C12H14Cl2N2O. The topological polar surface area (TPSA) is 46.3 Å². The van der Waals surface area contributed by atoms with Crippen molar-refractivity contribution in [3.05, 3.63) is 33.8 Å². The average Bonchev–Trinajstić information content (AvgIpc) is 2.80. The second-order valence-electron chi connectivity index (χ2n) is 4.16. The lowest BCUT2D eigenvalue weighted by atomic mass is 10.1. The number of carbonyl (C=O) groups is 1. The number of hydrogen-bond donors (Lipinski definition) is 1. The smallest absolute Gasteiger partial charge is 0.254 e. The van der Waals surface area contributed by atoms with E-state index in [1.165, 1.54) is 0 Å². The Kier molecular flexibility index (Phi) is 3.92. The highest BCUT2D eigenvalue weighted by Crippen LogP contribution is 2.25. The second-order valence-corrected chi connectivity index (χ2v) is 4.97. The van der Waals surface area contributed by atoms with Crippen LogP contribution in [0.1, 0.15) is 23.2 Å². The monoisotopic (exact) mass is 272 g/mol. The second kappa shape index (κ2) is 5.25. The summed E-state index contributed by atoms with van der Waals surface area (Å²) in [6.07, 6.45) is 1.98. The van der Waals surface area contributed by atoms with Crippen molar-refractivity contribution in [3.63, 3.8) is 0 Å². The Morgan fingerprint density at radius 2 is 2.18 bits per heavy atom. The molecule has 0 bridgehead atoms. The fraction of sp³-hybridized carbons (Fsp3) is 0.417. The molecule has 2 rings (SSSR count). The molecule has 1 aliphatic heterocycles. The number of benzene rings is 1. The molecule has 1 aliphatic rings. The summed E-state index contributed by atoms with van der Waals surface area (Å²) in [7, 11) is 0. The normalized spacial score (nSPS) is 19.7. The Labute approximate surface area is 110 Å². The zero-order valence-corrected chi connectivity index (χ0v) is 10.8. The van der Waals surface area contributed by atoms with Crippen molar-refractivity contribution in [1.29, 1.82) is 0 Å². The summed E-state index contributed by atoms with van der Waals surface area (Å²) in [6, 6.07) is 5.10. The molecule has 0 aromatic heterocycles. The summed E-state index contributed by atoms with van der Waals surface area (Å²) in [5, 5.41) is 0.862. The van der Waals surface area contributed by atoms with Crippen LogP contribution in [0.2, 0.25) is 10.0 Å². The van der Waals surface area contributed by atoms with Gasteiger partial charge >= 0.3 is 0 Å². The summed E-state index contributed by atoms with van der Waals surface area (Å²) >= 11 is 11.7. The summed E-state index contributed by atoms with van der Waals surface area (Å²) in [5.74, 6) is -0.0171. The molecule has 17 heavy (non-hydrogen) atoms. The highest BCUT2D eigenvalue weighted by molar-refractivity contribution is 6.42. The van der Waals surface area contributed by atoms with E-state index in [4.69, 9.17) is 28.9 Å². The lowest BCUT2D eigenvalue weighted by molar-refractivity contribution is 0.0741. The standard InChI is InChI=1S/C12H14Cl2N2O/c13-10-4-3-8(6-11(10)14)12(17)16-5-1-2-9(16)7-15/h3-4,6,9H,1-2,5,7,15H2/t9-/m0/s1.